The number of aryl methyl sites for hydroxylation is 1. The Morgan fingerprint density at radius 3 is 2.90 bits per heavy atom. The highest BCUT2D eigenvalue weighted by molar-refractivity contribution is 7.18. The largest absolute Gasteiger partial charge is 0.346 e. The summed E-state index contributed by atoms with van der Waals surface area (Å²) < 4.78 is 3.27. The van der Waals surface area contributed by atoms with Crippen molar-refractivity contribution in [2.45, 2.75) is 31.7 Å². The summed E-state index contributed by atoms with van der Waals surface area (Å²) in [5.74, 6) is 0.535. The summed E-state index contributed by atoms with van der Waals surface area (Å²) in [6.45, 7) is 2.85. The lowest BCUT2D eigenvalue weighted by molar-refractivity contribution is 0.0908. The smallest absolute Gasteiger partial charge is 0.178 e. The molecule has 2 aromatic carbocycles. The van der Waals surface area contributed by atoms with Crippen molar-refractivity contribution in [2.75, 3.05) is 19.6 Å². The highest BCUT2D eigenvalue weighted by Gasteiger charge is 2.26. The van der Waals surface area contributed by atoms with Crippen LogP contribution in [0.3, 0.4) is 0 Å². The highest BCUT2D eigenvalue weighted by atomic mass is 32.1. The molecule has 5 rings (SSSR count). The number of hydrogen-bond acceptors (Lipinski definition) is 5. The van der Waals surface area contributed by atoms with Crippen LogP contribution < -0.4 is 0 Å². The van der Waals surface area contributed by atoms with Gasteiger partial charge in [-0.15, -0.1) is 11.3 Å². The Labute approximate surface area is 185 Å². The van der Waals surface area contributed by atoms with Gasteiger partial charge in [0.2, 0.25) is 0 Å². The summed E-state index contributed by atoms with van der Waals surface area (Å²) in [7, 11) is 0. The maximum absolute atomic E-state index is 13.3. The molecular formula is C25H24N4OS. The molecule has 4 aromatic rings. The van der Waals surface area contributed by atoms with E-state index in [0.29, 0.717) is 25.4 Å². The van der Waals surface area contributed by atoms with E-state index in [1.165, 1.54) is 9.71 Å². The molecule has 6 heteroatoms. The number of likely N-dealkylation sites (tertiary alicyclic amines) is 1. The fourth-order valence-corrected chi connectivity index (χ4v) is 5.67. The standard InChI is InChI=1S/C25H24N4OS/c26-12-6-14-29-16-20(19-8-1-3-10-22(19)29)23(30)17-28-13-5-7-18(15-28)25-27-21-9-2-4-11-24(21)31-25/h1-4,8-11,16,18H,5-7,13-15,17H2/t18-/m0/s1. The fraction of sp³-hybridized carbons (Fsp3) is 0.320. The van der Waals surface area contributed by atoms with Crippen LogP contribution in [0.4, 0.5) is 0 Å². The number of rotatable bonds is 6. The van der Waals surface area contributed by atoms with Crippen LogP contribution >= 0.6 is 11.3 Å². The Hall–Kier alpha value is -3.01. The number of benzene rings is 2. The molecule has 156 valence electrons. The number of hydrogen-bond donors (Lipinski definition) is 0. The van der Waals surface area contributed by atoms with E-state index in [1.807, 2.05) is 41.1 Å². The first kappa shape index (κ1) is 19.9. The first-order valence-corrected chi connectivity index (χ1v) is 11.6. The quantitative estimate of drug-likeness (QED) is 0.395. The number of Topliss-reactive ketones (excluding diaryl/α,β-unsaturated/α-hetero) is 1. The van der Waals surface area contributed by atoms with E-state index in [2.05, 4.69) is 29.2 Å². The molecule has 0 spiro atoms. The zero-order valence-corrected chi connectivity index (χ0v) is 18.1. The lowest BCUT2D eigenvalue weighted by Gasteiger charge is -2.31. The van der Waals surface area contributed by atoms with Gasteiger partial charge in [0.15, 0.2) is 5.78 Å². The van der Waals surface area contributed by atoms with Gasteiger partial charge in [0.1, 0.15) is 0 Å². The predicted octanol–water partition coefficient (Wildman–Crippen LogP) is 5.23. The fourth-order valence-electron chi connectivity index (χ4n) is 4.58. The Morgan fingerprint density at radius 1 is 1.19 bits per heavy atom. The van der Waals surface area contributed by atoms with Crippen molar-refractivity contribution >= 4 is 38.2 Å². The van der Waals surface area contributed by atoms with Gasteiger partial charge < -0.3 is 4.57 Å². The third kappa shape index (κ3) is 3.99. The summed E-state index contributed by atoms with van der Waals surface area (Å²) in [6, 6.07) is 18.5. The molecule has 1 aliphatic heterocycles. The van der Waals surface area contributed by atoms with E-state index in [1.54, 1.807) is 11.3 Å². The molecule has 1 saturated heterocycles. The molecule has 0 unspecified atom stereocenters. The number of carbonyl (C=O) groups is 1. The van der Waals surface area contributed by atoms with E-state index >= 15 is 0 Å². The summed E-state index contributed by atoms with van der Waals surface area (Å²) in [5.41, 5.74) is 2.85. The minimum Gasteiger partial charge on any atom is -0.346 e. The van der Waals surface area contributed by atoms with Crippen LogP contribution in [0.1, 0.15) is 40.5 Å². The summed E-state index contributed by atoms with van der Waals surface area (Å²) in [6.07, 6.45) is 4.57. The van der Waals surface area contributed by atoms with Gasteiger partial charge in [0, 0.05) is 41.7 Å². The molecule has 31 heavy (non-hydrogen) atoms. The van der Waals surface area contributed by atoms with Crippen LogP contribution in [0.2, 0.25) is 0 Å². The van der Waals surface area contributed by atoms with Crippen molar-refractivity contribution in [1.82, 2.24) is 14.5 Å². The number of para-hydroxylation sites is 2. The Balaban J connectivity index is 1.34. The monoisotopic (exact) mass is 428 g/mol. The predicted molar refractivity (Wildman–Crippen MR) is 125 cm³/mol. The van der Waals surface area contributed by atoms with Crippen molar-refractivity contribution in [3.8, 4) is 6.07 Å². The van der Waals surface area contributed by atoms with Gasteiger partial charge in [-0.25, -0.2) is 4.98 Å². The van der Waals surface area contributed by atoms with E-state index in [9.17, 15) is 4.79 Å². The number of thiazole rings is 1. The topological polar surface area (TPSA) is 61.9 Å². The number of nitriles is 1. The maximum Gasteiger partial charge on any atom is 0.178 e. The normalized spacial score (nSPS) is 17.2. The van der Waals surface area contributed by atoms with Crippen LogP contribution in [-0.4, -0.2) is 39.9 Å². The van der Waals surface area contributed by atoms with Gasteiger partial charge >= 0.3 is 0 Å². The molecule has 1 atom stereocenters. The Bertz CT molecular complexity index is 1250. The van der Waals surface area contributed by atoms with Crippen molar-refractivity contribution < 1.29 is 4.79 Å². The number of carbonyl (C=O) groups excluding carboxylic acids is 1. The molecule has 0 amide bonds. The van der Waals surface area contributed by atoms with Crippen LogP contribution in [0.15, 0.2) is 54.7 Å². The molecule has 0 saturated carbocycles. The molecule has 0 bridgehead atoms. The van der Waals surface area contributed by atoms with E-state index in [0.717, 1.165) is 47.9 Å². The van der Waals surface area contributed by atoms with Gasteiger partial charge in [-0.1, -0.05) is 30.3 Å². The molecular weight excluding hydrogens is 404 g/mol. The van der Waals surface area contributed by atoms with Gasteiger partial charge in [-0.3, -0.25) is 9.69 Å². The number of fused-ring (bicyclic) bond motifs is 2. The first-order chi connectivity index (χ1) is 15.2. The van der Waals surface area contributed by atoms with E-state index < -0.39 is 0 Å². The lowest BCUT2D eigenvalue weighted by Crippen LogP contribution is -2.38. The average molecular weight is 429 g/mol. The van der Waals surface area contributed by atoms with Gasteiger partial charge in [0.25, 0.3) is 0 Å². The molecule has 1 aliphatic rings. The zero-order valence-electron chi connectivity index (χ0n) is 17.3. The lowest BCUT2D eigenvalue weighted by atomic mass is 9.98. The third-order valence-corrected chi connectivity index (χ3v) is 7.28. The molecule has 1 fully saturated rings. The second kappa shape index (κ2) is 8.62. The summed E-state index contributed by atoms with van der Waals surface area (Å²) in [4.78, 5) is 20.4. The van der Waals surface area contributed by atoms with E-state index in [-0.39, 0.29) is 5.78 Å². The number of piperidine rings is 1. The van der Waals surface area contributed by atoms with E-state index in [4.69, 9.17) is 10.2 Å². The minimum absolute atomic E-state index is 0.150. The molecule has 0 N–H and O–H groups in total. The molecule has 0 aliphatic carbocycles. The van der Waals surface area contributed by atoms with Crippen molar-refractivity contribution in [1.29, 1.82) is 5.26 Å². The first-order valence-electron chi connectivity index (χ1n) is 10.8. The zero-order chi connectivity index (χ0) is 21.2. The second-order valence-corrected chi connectivity index (χ2v) is 9.24. The Kier molecular flexibility index (Phi) is 5.54. The van der Waals surface area contributed by atoms with Crippen molar-refractivity contribution in [3.05, 3.63) is 65.3 Å². The maximum atomic E-state index is 13.3. The van der Waals surface area contributed by atoms with Gasteiger partial charge in [-0.2, -0.15) is 5.26 Å². The van der Waals surface area contributed by atoms with Crippen LogP contribution in [0.5, 0.6) is 0 Å². The minimum atomic E-state index is 0.150. The number of aromatic nitrogens is 2. The number of ketones is 1. The van der Waals surface area contributed by atoms with Crippen LogP contribution in [0.25, 0.3) is 21.1 Å². The molecule has 2 aromatic heterocycles. The molecule has 0 radical (unpaired) electrons. The third-order valence-electron chi connectivity index (χ3n) is 6.09. The Morgan fingerprint density at radius 2 is 2.03 bits per heavy atom. The highest BCUT2D eigenvalue weighted by Crippen LogP contribution is 2.33. The van der Waals surface area contributed by atoms with Crippen molar-refractivity contribution in [3.63, 3.8) is 0 Å². The van der Waals surface area contributed by atoms with Crippen molar-refractivity contribution in [2.24, 2.45) is 0 Å². The number of nitrogens with zero attached hydrogens (tertiary/aromatic N) is 4. The van der Waals surface area contributed by atoms with Gasteiger partial charge in [0.05, 0.1) is 34.3 Å². The van der Waals surface area contributed by atoms with Crippen LogP contribution in [-0.2, 0) is 6.54 Å². The summed E-state index contributed by atoms with van der Waals surface area (Å²) >= 11 is 1.78. The molecule has 3 heterocycles. The second-order valence-electron chi connectivity index (χ2n) is 8.18. The average Bonchev–Trinajstić information content (AvgIpc) is 3.40. The van der Waals surface area contributed by atoms with Gasteiger partial charge in [-0.05, 0) is 37.6 Å². The SMILES string of the molecule is N#CCCn1cc(C(=O)CN2CCC[C@H](c3nc4ccccc4s3)C2)c2ccccc21. The summed E-state index contributed by atoms with van der Waals surface area (Å²) in [5, 5.41) is 11.1. The van der Waals surface area contributed by atoms with Crippen LogP contribution in [0, 0.1) is 11.3 Å². The molecule has 5 nitrogen and oxygen atoms in total.